The second-order valence-electron chi connectivity index (χ2n) is 4.06. The van der Waals surface area contributed by atoms with Gasteiger partial charge in [0.1, 0.15) is 5.75 Å². The summed E-state index contributed by atoms with van der Waals surface area (Å²) in [6, 6.07) is 9.98. The Kier molecular flexibility index (Phi) is 3.49. The van der Waals surface area contributed by atoms with Crippen LogP contribution in [0.15, 0.2) is 36.5 Å². The average Bonchev–Trinajstić information content (AvgIpc) is 2.71. The van der Waals surface area contributed by atoms with Crippen LogP contribution in [-0.4, -0.2) is 16.8 Å². The number of aromatic nitrogens is 1. The molecule has 0 saturated heterocycles. The molecule has 1 aromatic carbocycles. The minimum atomic E-state index is 0.0987. The van der Waals surface area contributed by atoms with Crippen LogP contribution < -0.4 is 4.74 Å². The molecule has 17 heavy (non-hydrogen) atoms. The van der Waals surface area contributed by atoms with E-state index >= 15 is 0 Å². The Balaban J connectivity index is 2.16. The van der Waals surface area contributed by atoms with E-state index in [2.05, 4.69) is 16.7 Å². The molecular weight excluding hydrogens is 214 g/mol. The Bertz CT molecular complexity index is 485. The fourth-order valence-electron chi connectivity index (χ4n) is 1.86. The van der Waals surface area contributed by atoms with Gasteiger partial charge in [-0.1, -0.05) is 12.1 Å². The first-order chi connectivity index (χ1) is 8.24. The van der Waals surface area contributed by atoms with Crippen LogP contribution >= 0.6 is 0 Å². The van der Waals surface area contributed by atoms with Crippen molar-refractivity contribution in [3.8, 4) is 5.75 Å². The van der Waals surface area contributed by atoms with Crippen LogP contribution in [0.4, 0.5) is 0 Å². The molecular formula is C14H17NO2. The van der Waals surface area contributed by atoms with Gasteiger partial charge in [-0.25, -0.2) is 0 Å². The molecule has 0 amide bonds. The second kappa shape index (κ2) is 5.06. The van der Waals surface area contributed by atoms with Gasteiger partial charge in [0.05, 0.1) is 13.7 Å². The van der Waals surface area contributed by atoms with Crippen LogP contribution in [0, 0.1) is 6.92 Å². The number of aliphatic hydroxyl groups excluding tert-OH is 1. The third-order valence-corrected chi connectivity index (χ3v) is 3.03. The highest BCUT2D eigenvalue weighted by Gasteiger charge is 2.04. The van der Waals surface area contributed by atoms with Crippen molar-refractivity contribution in [1.82, 2.24) is 4.57 Å². The van der Waals surface area contributed by atoms with E-state index in [0.717, 1.165) is 23.6 Å². The lowest BCUT2D eigenvalue weighted by molar-refractivity contribution is 0.281. The van der Waals surface area contributed by atoms with Crippen LogP contribution in [0.1, 0.15) is 16.8 Å². The van der Waals surface area contributed by atoms with Crippen molar-refractivity contribution in [2.75, 3.05) is 7.11 Å². The number of nitrogens with zero attached hydrogens (tertiary/aromatic N) is 1. The third-order valence-electron chi connectivity index (χ3n) is 3.03. The Morgan fingerprint density at radius 2 is 1.88 bits per heavy atom. The summed E-state index contributed by atoms with van der Waals surface area (Å²) in [4.78, 5) is 0. The van der Waals surface area contributed by atoms with E-state index in [9.17, 15) is 0 Å². The lowest BCUT2D eigenvalue weighted by Gasteiger charge is -2.08. The van der Waals surface area contributed by atoms with Gasteiger partial charge in [0, 0.05) is 18.4 Å². The summed E-state index contributed by atoms with van der Waals surface area (Å²) < 4.78 is 7.26. The number of hydrogen-bond acceptors (Lipinski definition) is 2. The zero-order chi connectivity index (χ0) is 12.3. The van der Waals surface area contributed by atoms with Crippen LogP contribution in [0.25, 0.3) is 0 Å². The van der Waals surface area contributed by atoms with Gasteiger partial charge in [0.2, 0.25) is 0 Å². The maximum Gasteiger partial charge on any atom is 0.118 e. The van der Waals surface area contributed by atoms with Crippen molar-refractivity contribution >= 4 is 0 Å². The molecule has 2 aromatic rings. The van der Waals surface area contributed by atoms with Crippen molar-refractivity contribution < 1.29 is 9.84 Å². The monoisotopic (exact) mass is 231 g/mol. The Labute approximate surface area is 101 Å². The molecule has 0 aliphatic heterocycles. The summed E-state index contributed by atoms with van der Waals surface area (Å²) in [5.41, 5.74) is 3.32. The topological polar surface area (TPSA) is 34.4 Å². The Morgan fingerprint density at radius 3 is 2.41 bits per heavy atom. The van der Waals surface area contributed by atoms with Gasteiger partial charge >= 0.3 is 0 Å². The number of benzene rings is 1. The van der Waals surface area contributed by atoms with Gasteiger partial charge in [-0.3, -0.25) is 0 Å². The molecule has 0 fully saturated rings. The smallest absolute Gasteiger partial charge is 0.118 e. The predicted octanol–water partition coefficient (Wildman–Crippen LogP) is 2.35. The van der Waals surface area contributed by atoms with E-state index in [-0.39, 0.29) is 6.61 Å². The van der Waals surface area contributed by atoms with Crippen molar-refractivity contribution in [3.63, 3.8) is 0 Å². The molecule has 1 aromatic heterocycles. The van der Waals surface area contributed by atoms with Crippen molar-refractivity contribution in [2.45, 2.75) is 20.1 Å². The van der Waals surface area contributed by atoms with Gasteiger partial charge in [-0.2, -0.15) is 0 Å². The highest BCUT2D eigenvalue weighted by molar-refractivity contribution is 5.28. The molecule has 0 spiro atoms. The van der Waals surface area contributed by atoms with E-state index in [0.29, 0.717) is 0 Å². The van der Waals surface area contributed by atoms with Crippen LogP contribution in [0.5, 0.6) is 5.75 Å². The summed E-state index contributed by atoms with van der Waals surface area (Å²) in [7, 11) is 1.67. The Hall–Kier alpha value is -1.74. The SMILES string of the molecule is COc1ccc(Cn2ccc(CO)c2C)cc1. The lowest BCUT2D eigenvalue weighted by Crippen LogP contribution is -2.01. The zero-order valence-corrected chi connectivity index (χ0v) is 10.2. The van der Waals surface area contributed by atoms with Gasteiger partial charge in [0.15, 0.2) is 0 Å². The number of methoxy groups -OCH3 is 1. The summed E-state index contributed by atoms with van der Waals surface area (Å²) in [6.45, 7) is 2.94. The van der Waals surface area contributed by atoms with Gasteiger partial charge in [0.25, 0.3) is 0 Å². The number of aliphatic hydroxyl groups is 1. The first kappa shape index (κ1) is 11.7. The van der Waals surface area contributed by atoms with Gasteiger partial charge in [-0.05, 0) is 36.2 Å². The van der Waals surface area contributed by atoms with Crippen LogP contribution in [-0.2, 0) is 13.2 Å². The summed E-state index contributed by atoms with van der Waals surface area (Å²) in [5, 5.41) is 9.14. The van der Waals surface area contributed by atoms with E-state index in [1.54, 1.807) is 7.11 Å². The molecule has 0 aliphatic rings. The largest absolute Gasteiger partial charge is 0.497 e. The van der Waals surface area contributed by atoms with E-state index < -0.39 is 0 Å². The van der Waals surface area contributed by atoms with Crippen LogP contribution in [0.2, 0.25) is 0 Å². The minimum Gasteiger partial charge on any atom is -0.497 e. The maximum absolute atomic E-state index is 9.14. The fraction of sp³-hybridized carbons (Fsp3) is 0.286. The van der Waals surface area contributed by atoms with Gasteiger partial charge in [-0.15, -0.1) is 0 Å². The normalized spacial score (nSPS) is 10.5. The zero-order valence-electron chi connectivity index (χ0n) is 10.2. The average molecular weight is 231 g/mol. The van der Waals surface area contributed by atoms with E-state index in [4.69, 9.17) is 9.84 Å². The molecule has 1 heterocycles. The number of rotatable bonds is 4. The first-order valence-electron chi connectivity index (χ1n) is 5.63. The second-order valence-corrected chi connectivity index (χ2v) is 4.06. The van der Waals surface area contributed by atoms with E-state index in [1.165, 1.54) is 5.56 Å². The number of ether oxygens (including phenoxy) is 1. The quantitative estimate of drug-likeness (QED) is 0.876. The molecule has 0 saturated carbocycles. The van der Waals surface area contributed by atoms with Crippen LogP contribution in [0.3, 0.4) is 0 Å². The van der Waals surface area contributed by atoms with Crippen molar-refractivity contribution in [3.05, 3.63) is 53.3 Å². The molecule has 0 unspecified atom stereocenters. The van der Waals surface area contributed by atoms with E-state index in [1.807, 2.05) is 31.3 Å². The molecule has 3 heteroatoms. The highest BCUT2D eigenvalue weighted by Crippen LogP contribution is 2.15. The third kappa shape index (κ3) is 2.50. The summed E-state index contributed by atoms with van der Waals surface area (Å²) in [5.74, 6) is 0.869. The first-order valence-corrected chi connectivity index (χ1v) is 5.63. The molecule has 1 N–H and O–H groups in total. The molecule has 0 radical (unpaired) electrons. The summed E-state index contributed by atoms with van der Waals surface area (Å²) in [6.07, 6.45) is 2.01. The molecule has 2 rings (SSSR count). The maximum atomic E-state index is 9.14. The number of hydrogen-bond donors (Lipinski definition) is 1. The molecule has 0 aliphatic carbocycles. The Morgan fingerprint density at radius 1 is 1.18 bits per heavy atom. The highest BCUT2D eigenvalue weighted by atomic mass is 16.5. The standard InChI is InChI=1S/C14H17NO2/c1-11-13(10-16)7-8-15(11)9-12-3-5-14(17-2)6-4-12/h3-8,16H,9-10H2,1-2H3. The van der Waals surface area contributed by atoms with Gasteiger partial charge < -0.3 is 14.4 Å². The lowest BCUT2D eigenvalue weighted by atomic mass is 10.2. The fourth-order valence-corrected chi connectivity index (χ4v) is 1.86. The van der Waals surface area contributed by atoms with Crippen molar-refractivity contribution in [2.24, 2.45) is 0 Å². The molecule has 90 valence electrons. The molecule has 0 atom stereocenters. The minimum absolute atomic E-state index is 0.0987. The molecule has 3 nitrogen and oxygen atoms in total. The predicted molar refractivity (Wildman–Crippen MR) is 67.2 cm³/mol. The summed E-state index contributed by atoms with van der Waals surface area (Å²) >= 11 is 0. The van der Waals surface area contributed by atoms with Crippen molar-refractivity contribution in [1.29, 1.82) is 0 Å². The molecule has 0 bridgehead atoms.